The molecule has 17 heavy (non-hydrogen) atoms. The van der Waals surface area contributed by atoms with Gasteiger partial charge in [-0.15, -0.1) is 0 Å². The highest BCUT2D eigenvalue weighted by atomic mass is 79.9. The molecule has 0 fully saturated rings. The van der Waals surface area contributed by atoms with E-state index < -0.39 is 5.54 Å². The van der Waals surface area contributed by atoms with E-state index in [9.17, 15) is 4.79 Å². The highest BCUT2D eigenvalue weighted by Gasteiger charge is 2.25. The Morgan fingerprint density at radius 2 is 1.88 bits per heavy atom. The lowest BCUT2D eigenvalue weighted by molar-refractivity contribution is -0.126. The standard InChI is InChI=1S/C13H19BrN2O/c1-4-16-13(2,3)12(17)15-9-10-5-7-11(14)8-6-10/h5-8,16H,4,9H2,1-3H3,(H,15,17). The van der Waals surface area contributed by atoms with Crippen LogP contribution in [0.25, 0.3) is 0 Å². The summed E-state index contributed by atoms with van der Waals surface area (Å²) in [7, 11) is 0. The summed E-state index contributed by atoms with van der Waals surface area (Å²) in [5.74, 6) is 0.0160. The van der Waals surface area contributed by atoms with Crippen molar-refractivity contribution in [3.8, 4) is 0 Å². The van der Waals surface area contributed by atoms with E-state index in [0.717, 1.165) is 16.6 Å². The van der Waals surface area contributed by atoms with Gasteiger partial charge in [0.05, 0.1) is 5.54 Å². The molecule has 1 amide bonds. The van der Waals surface area contributed by atoms with E-state index in [-0.39, 0.29) is 5.91 Å². The fourth-order valence-electron chi connectivity index (χ4n) is 1.53. The molecule has 0 heterocycles. The lowest BCUT2D eigenvalue weighted by Crippen LogP contribution is -2.52. The van der Waals surface area contributed by atoms with Gasteiger partial charge in [0, 0.05) is 11.0 Å². The Kier molecular flexibility index (Phi) is 5.15. The summed E-state index contributed by atoms with van der Waals surface area (Å²) in [4.78, 5) is 11.9. The van der Waals surface area contributed by atoms with E-state index in [4.69, 9.17) is 0 Å². The number of carbonyl (C=O) groups is 1. The van der Waals surface area contributed by atoms with Crippen LogP contribution in [0.15, 0.2) is 28.7 Å². The van der Waals surface area contributed by atoms with E-state index >= 15 is 0 Å². The molecule has 1 rings (SSSR count). The molecule has 0 aromatic heterocycles. The maximum atomic E-state index is 11.9. The maximum Gasteiger partial charge on any atom is 0.239 e. The Morgan fingerprint density at radius 1 is 1.29 bits per heavy atom. The van der Waals surface area contributed by atoms with Gasteiger partial charge in [0.15, 0.2) is 0 Å². The van der Waals surface area contributed by atoms with E-state index in [1.165, 1.54) is 0 Å². The number of likely N-dealkylation sites (N-methyl/N-ethyl adjacent to an activating group) is 1. The Morgan fingerprint density at radius 3 is 2.41 bits per heavy atom. The van der Waals surface area contributed by atoms with Crippen molar-refractivity contribution in [3.63, 3.8) is 0 Å². The smallest absolute Gasteiger partial charge is 0.239 e. The van der Waals surface area contributed by atoms with E-state index in [1.54, 1.807) is 0 Å². The summed E-state index contributed by atoms with van der Waals surface area (Å²) >= 11 is 3.38. The van der Waals surface area contributed by atoms with Crippen molar-refractivity contribution in [3.05, 3.63) is 34.3 Å². The molecule has 0 aliphatic heterocycles. The number of hydrogen-bond donors (Lipinski definition) is 2. The Balaban J connectivity index is 2.50. The van der Waals surface area contributed by atoms with Crippen LogP contribution in [0.1, 0.15) is 26.3 Å². The van der Waals surface area contributed by atoms with Crippen LogP contribution in [0.2, 0.25) is 0 Å². The number of amides is 1. The molecule has 4 heteroatoms. The van der Waals surface area contributed by atoms with Crippen LogP contribution < -0.4 is 10.6 Å². The van der Waals surface area contributed by atoms with Crippen molar-refractivity contribution in [1.82, 2.24) is 10.6 Å². The second-order valence-electron chi connectivity index (χ2n) is 4.46. The summed E-state index contributed by atoms with van der Waals surface area (Å²) in [5, 5.41) is 6.07. The SMILES string of the molecule is CCNC(C)(C)C(=O)NCc1ccc(Br)cc1. The van der Waals surface area contributed by atoms with Gasteiger partial charge >= 0.3 is 0 Å². The van der Waals surface area contributed by atoms with Crippen LogP contribution in [0.4, 0.5) is 0 Å². The minimum Gasteiger partial charge on any atom is -0.350 e. The third-order valence-electron chi connectivity index (χ3n) is 2.55. The summed E-state index contributed by atoms with van der Waals surface area (Å²) in [6.45, 7) is 7.09. The molecule has 0 bridgehead atoms. The minimum absolute atomic E-state index is 0.0160. The zero-order chi connectivity index (χ0) is 12.9. The van der Waals surface area contributed by atoms with Crippen LogP contribution in [-0.4, -0.2) is 18.0 Å². The highest BCUT2D eigenvalue weighted by Crippen LogP contribution is 2.10. The molecule has 2 N–H and O–H groups in total. The summed E-state index contributed by atoms with van der Waals surface area (Å²) in [5.41, 5.74) is 0.568. The second kappa shape index (κ2) is 6.17. The Labute approximate surface area is 111 Å². The monoisotopic (exact) mass is 298 g/mol. The molecule has 1 aromatic rings. The van der Waals surface area contributed by atoms with Gasteiger partial charge in [0.2, 0.25) is 5.91 Å². The van der Waals surface area contributed by atoms with Crippen molar-refractivity contribution in [2.24, 2.45) is 0 Å². The van der Waals surface area contributed by atoms with Gasteiger partial charge in [0.25, 0.3) is 0 Å². The number of benzene rings is 1. The molecule has 0 atom stereocenters. The quantitative estimate of drug-likeness (QED) is 0.877. The average molecular weight is 299 g/mol. The number of hydrogen-bond acceptors (Lipinski definition) is 2. The lowest BCUT2D eigenvalue weighted by Gasteiger charge is -2.24. The number of halogens is 1. The van der Waals surface area contributed by atoms with Gasteiger partial charge in [-0.3, -0.25) is 4.79 Å². The average Bonchev–Trinajstić information content (AvgIpc) is 2.27. The molecule has 0 spiro atoms. The van der Waals surface area contributed by atoms with E-state index in [1.807, 2.05) is 45.0 Å². The van der Waals surface area contributed by atoms with Gasteiger partial charge in [-0.05, 0) is 38.1 Å². The predicted molar refractivity (Wildman–Crippen MR) is 73.7 cm³/mol. The predicted octanol–water partition coefficient (Wildman–Crippen LogP) is 2.45. The number of rotatable bonds is 5. The van der Waals surface area contributed by atoms with Crippen LogP contribution in [0.3, 0.4) is 0 Å². The first kappa shape index (κ1) is 14.2. The Hall–Kier alpha value is -0.870. The normalized spacial score (nSPS) is 11.3. The molecule has 0 aliphatic carbocycles. The van der Waals surface area contributed by atoms with Crippen molar-refractivity contribution >= 4 is 21.8 Å². The third-order valence-corrected chi connectivity index (χ3v) is 3.08. The van der Waals surface area contributed by atoms with Gasteiger partial charge in [-0.2, -0.15) is 0 Å². The van der Waals surface area contributed by atoms with E-state index in [2.05, 4.69) is 26.6 Å². The zero-order valence-corrected chi connectivity index (χ0v) is 12.1. The molecule has 0 aliphatic rings. The second-order valence-corrected chi connectivity index (χ2v) is 5.38. The Bertz CT molecular complexity index is 374. The van der Waals surface area contributed by atoms with Crippen molar-refractivity contribution in [1.29, 1.82) is 0 Å². The minimum atomic E-state index is -0.524. The van der Waals surface area contributed by atoms with Crippen LogP contribution in [0, 0.1) is 0 Å². The maximum absolute atomic E-state index is 11.9. The molecule has 0 saturated heterocycles. The summed E-state index contributed by atoms with van der Waals surface area (Å²) in [6.07, 6.45) is 0. The van der Waals surface area contributed by atoms with Gasteiger partial charge in [0.1, 0.15) is 0 Å². The molecule has 0 unspecified atom stereocenters. The van der Waals surface area contributed by atoms with Gasteiger partial charge in [-0.1, -0.05) is 35.0 Å². The van der Waals surface area contributed by atoms with Gasteiger partial charge < -0.3 is 10.6 Å². The van der Waals surface area contributed by atoms with Crippen molar-refractivity contribution < 1.29 is 4.79 Å². The third kappa shape index (κ3) is 4.48. The first-order chi connectivity index (χ1) is 7.95. The number of nitrogens with one attached hydrogen (secondary N) is 2. The molecule has 0 saturated carbocycles. The van der Waals surface area contributed by atoms with Crippen LogP contribution in [0.5, 0.6) is 0 Å². The summed E-state index contributed by atoms with van der Waals surface area (Å²) in [6, 6.07) is 7.92. The number of carbonyl (C=O) groups excluding carboxylic acids is 1. The largest absolute Gasteiger partial charge is 0.350 e. The lowest BCUT2D eigenvalue weighted by atomic mass is 10.0. The zero-order valence-electron chi connectivity index (χ0n) is 10.5. The molecule has 94 valence electrons. The fraction of sp³-hybridized carbons (Fsp3) is 0.462. The van der Waals surface area contributed by atoms with E-state index in [0.29, 0.717) is 6.54 Å². The molecular weight excluding hydrogens is 280 g/mol. The first-order valence-electron chi connectivity index (χ1n) is 5.73. The molecule has 0 radical (unpaired) electrons. The van der Waals surface area contributed by atoms with Crippen LogP contribution >= 0.6 is 15.9 Å². The summed E-state index contributed by atoms with van der Waals surface area (Å²) < 4.78 is 1.04. The van der Waals surface area contributed by atoms with Crippen molar-refractivity contribution in [2.75, 3.05) is 6.54 Å². The fourth-order valence-corrected chi connectivity index (χ4v) is 1.79. The first-order valence-corrected chi connectivity index (χ1v) is 6.53. The molecule has 3 nitrogen and oxygen atoms in total. The molecule has 1 aromatic carbocycles. The molecular formula is C13H19BrN2O. The highest BCUT2D eigenvalue weighted by molar-refractivity contribution is 9.10. The van der Waals surface area contributed by atoms with Crippen LogP contribution in [-0.2, 0) is 11.3 Å². The van der Waals surface area contributed by atoms with Crippen molar-refractivity contribution in [2.45, 2.75) is 32.9 Å². The van der Waals surface area contributed by atoms with Gasteiger partial charge in [-0.25, -0.2) is 0 Å². The topological polar surface area (TPSA) is 41.1 Å².